The Bertz CT molecular complexity index is 1310. The molecule has 3 aromatic carbocycles. The molecule has 2 fully saturated rings. The molecule has 178 valence electrons. The van der Waals surface area contributed by atoms with E-state index in [1.54, 1.807) is 0 Å². The van der Waals surface area contributed by atoms with Crippen molar-refractivity contribution in [2.75, 3.05) is 11.9 Å². The minimum absolute atomic E-state index is 0.125. The Morgan fingerprint density at radius 2 is 1.83 bits per heavy atom. The average Bonchev–Trinajstić information content (AvgIpc) is 3.52. The first-order chi connectivity index (χ1) is 17.0. The highest BCUT2D eigenvalue weighted by molar-refractivity contribution is 9.10. The van der Waals surface area contributed by atoms with E-state index in [0.29, 0.717) is 30.2 Å². The summed E-state index contributed by atoms with van der Waals surface area (Å²) in [4.78, 5) is 28.3. The molecule has 0 radical (unpaired) electrons. The Kier molecular flexibility index (Phi) is 5.38. The number of carbonyl (C=O) groups is 1. The summed E-state index contributed by atoms with van der Waals surface area (Å²) in [6.07, 6.45) is 1.69. The second-order valence-corrected chi connectivity index (χ2v) is 10.3. The minimum Gasteiger partial charge on any atom is -0.489 e. The van der Waals surface area contributed by atoms with Gasteiger partial charge in [-0.3, -0.25) is 19.8 Å². The van der Waals surface area contributed by atoms with Gasteiger partial charge in [0, 0.05) is 38.8 Å². The zero-order valence-corrected chi connectivity index (χ0v) is 20.5. The van der Waals surface area contributed by atoms with Gasteiger partial charge in [-0.15, -0.1) is 0 Å². The molecule has 0 aliphatic carbocycles. The normalized spacial score (nSPS) is 27.0. The van der Waals surface area contributed by atoms with Gasteiger partial charge in [-0.2, -0.15) is 0 Å². The molecule has 2 saturated heterocycles. The van der Waals surface area contributed by atoms with Crippen LogP contribution in [0.3, 0.4) is 0 Å². The van der Waals surface area contributed by atoms with Crippen LogP contribution in [0.5, 0.6) is 5.75 Å². The van der Waals surface area contributed by atoms with Crippen LogP contribution in [0.1, 0.15) is 35.4 Å². The van der Waals surface area contributed by atoms with Gasteiger partial charge in [-0.05, 0) is 42.7 Å². The summed E-state index contributed by atoms with van der Waals surface area (Å²) in [6.45, 7) is 0.998. The molecular weight excluding hydrogens is 510 g/mol. The molecule has 3 heterocycles. The van der Waals surface area contributed by atoms with E-state index in [4.69, 9.17) is 4.74 Å². The summed E-state index contributed by atoms with van der Waals surface area (Å²) in [5.41, 5.74) is 1.83. The number of para-hydroxylation sites is 2. The maximum Gasteiger partial charge on any atom is 0.256 e. The molecule has 1 amide bonds. The predicted molar refractivity (Wildman–Crippen MR) is 135 cm³/mol. The van der Waals surface area contributed by atoms with Crippen LogP contribution in [0.15, 0.2) is 77.3 Å². The van der Waals surface area contributed by atoms with E-state index in [2.05, 4.69) is 26.1 Å². The lowest BCUT2D eigenvalue weighted by Gasteiger charge is -2.32. The van der Waals surface area contributed by atoms with Crippen LogP contribution >= 0.6 is 15.9 Å². The molecule has 3 aliphatic heterocycles. The number of amides is 1. The SMILES string of the molecule is O=C1Nc2ccccc2[C@]12[C@H]([N+](=O)[O-])[C@H](c1ccccc1OCc1ccc(Br)cc1)[C@@H]1CCCN12. The Hall–Kier alpha value is -3.23. The number of halogens is 1. The lowest BCUT2D eigenvalue weighted by atomic mass is 9.77. The molecule has 7 nitrogen and oxygen atoms in total. The van der Waals surface area contributed by atoms with E-state index in [-0.39, 0.29) is 16.9 Å². The molecule has 3 aromatic rings. The maximum absolute atomic E-state index is 13.6. The number of fused-ring (bicyclic) bond motifs is 4. The lowest BCUT2D eigenvalue weighted by Crippen LogP contribution is -2.55. The van der Waals surface area contributed by atoms with Crippen LogP contribution in [0, 0.1) is 10.1 Å². The number of rotatable bonds is 5. The maximum atomic E-state index is 13.6. The molecule has 0 unspecified atom stereocenters. The first-order valence-electron chi connectivity index (χ1n) is 11.8. The summed E-state index contributed by atoms with van der Waals surface area (Å²) >= 11 is 3.45. The number of benzene rings is 3. The predicted octanol–water partition coefficient (Wildman–Crippen LogP) is 5.08. The molecule has 4 atom stereocenters. The summed E-state index contributed by atoms with van der Waals surface area (Å²) in [7, 11) is 0. The van der Waals surface area contributed by atoms with E-state index in [1.807, 2.05) is 72.8 Å². The van der Waals surface area contributed by atoms with E-state index >= 15 is 0 Å². The summed E-state index contributed by atoms with van der Waals surface area (Å²) in [6, 6.07) is 21.6. The zero-order chi connectivity index (χ0) is 24.2. The van der Waals surface area contributed by atoms with Crippen molar-refractivity contribution < 1.29 is 14.5 Å². The average molecular weight is 534 g/mol. The smallest absolute Gasteiger partial charge is 0.256 e. The molecule has 0 aromatic heterocycles. The van der Waals surface area contributed by atoms with Gasteiger partial charge < -0.3 is 10.1 Å². The first kappa shape index (κ1) is 22.2. The summed E-state index contributed by atoms with van der Waals surface area (Å²) in [5.74, 6) is -0.156. The van der Waals surface area contributed by atoms with Gasteiger partial charge in [0.05, 0.1) is 5.92 Å². The number of ether oxygens (including phenoxy) is 1. The van der Waals surface area contributed by atoms with Crippen molar-refractivity contribution in [3.63, 3.8) is 0 Å². The van der Waals surface area contributed by atoms with Crippen molar-refractivity contribution >= 4 is 27.5 Å². The van der Waals surface area contributed by atoms with Crippen LogP contribution in [0.2, 0.25) is 0 Å². The van der Waals surface area contributed by atoms with Gasteiger partial charge in [0.1, 0.15) is 12.4 Å². The summed E-state index contributed by atoms with van der Waals surface area (Å²) in [5, 5.41) is 15.8. The summed E-state index contributed by atoms with van der Waals surface area (Å²) < 4.78 is 7.23. The molecule has 0 bridgehead atoms. The monoisotopic (exact) mass is 533 g/mol. The lowest BCUT2D eigenvalue weighted by molar-refractivity contribution is -0.534. The number of anilines is 1. The Balaban J connectivity index is 1.45. The van der Waals surface area contributed by atoms with Crippen molar-refractivity contribution in [3.05, 3.63) is 104 Å². The Labute approximate surface area is 211 Å². The zero-order valence-electron chi connectivity index (χ0n) is 18.9. The second-order valence-electron chi connectivity index (χ2n) is 9.38. The largest absolute Gasteiger partial charge is 0.489 e. The molecule has 1 N–H and O–H groups in total. The van der Waals surface area contributed by atoms with Crippen LogP contribution in [-0.2, 0) is 16.9 Å². The third-order valence-electron chi connectivity index (χ3n) is 7.68. The fraction of sp³-hybridized carbons (Fsp3) is 0.296. The number of nitrogens with zero attached hydrogens (tertiary/aromatic N) is 2. The second kappa shape index (κ2) is 8.46. The van der Waals surface area contributed by atoms with E-state index in [0.717, 1.165) is 28.4 Å². The highest BCUT2D eigenvalue weighted by Gasteiger charge is 2.73. The fourth-order valence-electron chi connectivity index (χ4n) is 6.38. The number of hydrogen-bond donors (Lipinski definition) is 1. The van der Waals surface area contributed by atoms with Gasteiger partial charge in [-0.25, -0.2) is 0 Å². The fourth-order valence-corrected chi connectivity index (χ4v) is 6.64. The van der Waals surface area contributed by atoms with Gasteiger partial charge in [-0.1, -0.05) is 64.5 Å². The molecule has 0 saturated carbocycles. The van der Waals surface area contributed by atoms with E-state index < -0.39 is 17.5 Å². The van der Waals surface area contributed by atoms with Crippen molar-refractivity contribution in [2.24, 2.45) is 0 Å². The van der Waals surface area contributed by atoms with Gasteiger partial charge in [0.25, 0.3) is 11.9 Å². The number of carbonyl (C=O) groups excluding carboxylic acids is 1. The topological polar surface area (TPSA) is 84.7 Å². The third kappa shape index (κ3) is 3.31. The van der Waals surface area contributed by atoms with E-state index in [9.17, 15) is 14.9 Å². The Morgan fingerprint density at radius 3 is 2.63 bits per heavy atom. The van der Waals surface area contributed by atoms with Gasteiger partial charge in [0.15, 0.2) is 5.54 Å². The quantitative estimate of drug-likeness (QED) is 0.365. The van der Waals surface area contributed by atoms with E-state index in [1.165, 1.54) is 0 Å². The number of nitro groups is 1. The van der Waals surface area contributed by atoms with Crippen LogP contribution in [0.4, 0.5) is 5.69 Å². The van der Waals surface area contributed by atoms with Crippen molar-refractivity contribution in [2.45, 2.75) is 43.0 Å². The van der Waals surface area contributed by atoms with Crippen LogP contribution < -0.4 is 10.1 Å². The number of nitrogens with one attached hydrogen (secondary N) is 1. The standard InChI is InChI=1S/C27H24BrN3O4/c28-18-13-11-17(12-14-18)16-35-23-10-4-1-6-19(23)24-22-9-5-15-30(22)27(25(24)31(33)34)20-7-2-3-8-21(20)29-26(27)32/h1-4,6-8,10-14,22,24-25H,5,9,15-16H2,(H,29,32)/t22-,24+,25+,27-/m0/s1. The molecular formula is C27H24BrN3O4. The highest BCUT2D eigenvalue weighted by atomic mass is 79.9. The van der Waals surface area contributed by atoms with Crippen LogP contribution in [-0.4, -0.2) is 34.4 Å². The van der Waals surface area contributed by atoms with Crippen molar-refractivity contribution in [1.29, 1.82) is 0 Å². The molecule has 35 heavy (non-hydrogen) atoms. The van der Waals surface area contributed by atoms with Crippen LogP contribution in [0.25, 0.3) is 0 Å². The van der Waals surface area contributed by atoms with Crippen molar-refractivity contribution in [3.8, 4) is 5.75 Å². The molecule has 3 aliphatic rings. The third-order valence-corrected chi connectivity index (χ3v) is 8.21. The van der Waals surface area contributed by atoms with Gasteiger partial charge in [0.2, 0.25) is 0 Å². The van der Waals surface area contributed by atoms with Crippen molar-refractivity contribution in [1.82, 2.24) is 4.90 Å². The number of hydrogen-bond acceptors (Lipinski definition) is 5. The first-order valence-corrected chi connectivity index (χ1v) is 12.6. The molecule has 6 rings (SSSR count). The van der Waals surface area contributed by atoms with Gasteiger partial charge >= 0.3 is 0 Å². The molecule has 1 spiro atoms. The highest BCUT2D eigenvalue weighted by Crippen LogP contribution is 2.58. The minimum atomic E-state index is -1.33. The molecule has 8 heteroatoms. The Morgan fingerprint density at radius 1 is 1.09 bits per heavy atom.